The molecule has 0 atom stereocenters. The summed E-state index contributed by atoms with van der Waals surface area (Å²) in [6.07, 6.45) is 10.0. The number of benzene rings is 1. The molecule has 1 aliphatic carbocycles. The van der Waals surface area contributed by atoms with E-state index in [0.717, 1.165) is 6.42 Å². The molecule has 0 bridgehead atoms. The molecule has 0 saturated carbocycles. The van der Waals surface area contributed by atoms with E-state index in [1.165, 1.54) is 14.0 Å². The van der Waals surface area contributed by atoms with E-state index >= 15 is 0 Å². The number of rotatable bonds is 0. The van der Waals surface area contributed by atoms with Gasteiger partial charge in [-0.15, -0.1) is 36.1 Å². The average Bonchev–Trinajstić information content (AvgIpc) is 3.03. The van der Waals surface area contributed by atoms with Crippen LogP contribution in [-0.4, -0.2) is 3.21 Å². The minimum Gasteiger partial charge on any atom is -0.273 e. The summed E-state index contributed by atoms with van der Waals surface area (Å²) in [5.41, 5.74) is 0. The monoisotopic (exact) mass is 312 g/mol. The molecular formula is C17H18Zr. The van der Waals surface area contributed by atoms with Crippen molar-refractivity contribution in [3.05, 3.63) is 66.8 Å². The predicted molar refractivity (Wildman–Crippen MR) is 77.5 cm³/mol. The maximum absolute atomic E-state index is 2.99. The molecule has 2 aromatic rings. The standard InChI is InChI=1S/C9H7.C5H5.C3H6.Zr/c1-2-5-9-7-3-6-8(9)4-1;1-2-4-5-3-1;1-3-2;/h1-7H;1-3H,4H2;1-2H3;/q2*-1;;+2. The van der Waals surface area contributed by atoms with Crippen LogP contribution in [0.15, 0.2) is 60.7 Å². The van der Waals surface area contributed by atoms with E-state index in [2.05, 4.69) is 68.5 Å². The molecule has 18 heavy (non-hydrogen) atoms. The summed E-state index contributed by atoms with van der Waals surface area (Å²) in [4.78, 5) is 0. The molecule has 0 amide bonds. The molecule has 0 aromatic heterocycles. The summed E-state index contributed by atoms with van der Waals surface area (Å²) in [5, 5.41) is 2.66. The fourth-order valence-corrected chi connectivity index (χ4v) is 1.41. The van der Waals surface area contributed by atoms with Crippen LogP contribution in [0.4, 0.5) is 0 Å². The zero-order valence-corrected chi connectivity index (χ0v) is 13.4. The third-order valence-corrected chi connectivity index (χ3v) is 2.13. The second-order valence-electron chi connectivity index (χ2n) is 4.16. The molecule has 0 radical (unpaired) electrons. The van der Waals surface area contributed by atoms with Crippen molar-refractivity contribution in [1.82, 2.24) is 0 Å². The summed E-state index contributed by atoms with van der Waals surface area (Å²) < 4.78 is 1.51. The minimum absolute atomic E-state index is 1.01. The molecule has 3 rings (SSSR count). The van der Waals surface area contributed by atoms with Crippen LogP contribution in [0, 0.1) is 6.08 Å². The van der Waals surface area contributed by atoms with Gasteiger partial charge < -0.3 is 0 Å². The molecule has 0 heterocycles. The van der Waals surface area contributed by atoms with E-state index in [0.29, 0.717) is 0 Å². The van der Waals surface area contributed by atoms with Crippen molar-refractivity contribution in [1.29, 1.82) is 0 Å². The minimum atomic E-state index is 1.01. The normalized spacial score (nSPS) is 11.6. The molecular weight excluding hydrogens is 295 g/mol. The van der Waals surface area contributed by atoms with Crippen molar-refractivity contribution in [2.24, 2.45) is 0 Å². The van der Waals surface area contributed by atoms with Gasteiger partial charge >= 0.3 is 41.3 Å². The Morgan fingerprint density at radius 3 is 2.44 bits per heavy atom. The van der Waals surface area contributed by atoms with Crippen molar-refractivity contribution < 1.29 is 24.2 Å². The molecule has 0 saturated heterocycles. The number of fused-ring (bicyclic) bond motifs is 1. The zero-order valence-electron chi connectivity index (χ0n) is 11.0. The number of hydrogen-bond donors (Lipinski definition) is 0. The largest absolute Gasteiger partial charge is 0.273 e. The van der Waals surface area contributed by atoms with Crippen LogP contribution in [-0.2, 0) is 24.2 Å². The zero-order chi connectivity index (χ0) is 13.2. The summed E-state index contributed by atoms with van der Waals surface area (Å²) >= 11 is 1.55. The van der Waals surface area contributed by atoms with E-state index in [-0.39, 0.29) is 0 Å². The molecule has 0 fully saturated rings. The fraction of sp³-hybridized carbons (Fsp3) is 0.176. The molecule has 0 nitrogen and oxygen atoms in total. The van der Waals surface area contributed by atoms with Gasteiger partial charge in [0.05, 0.1) is 0 Å². The first-order chi connectivity index (χ1) is 8.70. The quantitative estimate of drug-likeness (QED) is 0.623. The third kappa shape index (κ3) is 6.71. The number of allylic oxidation sites excluding steroid dienone is 4. The van der Waals surface area contributed by atoms with E-state index in [1.54, 1.807) is 24.2 Å². The Morgan fingerprint density at radius 2 is 1.94 bits per heavy atom. The molecule has 0 aliphatic heterocycles. The van der Waals surface area contributed by atoms with E-state index < -0.39 is 0 Å². The Bertz CT molecular complexity index is 485. The van der Waals surface area contributed by atoms with Gasteiger partial charge in [-0.25, -0.2) is 12.2 Å². The third-order valence-electron chi connectivity index (χ3n) is 2.13. The van der Waals surface area contributed by atoms with Crippen molar-refractivity contribution in [2.75, 3.05) is 0 Å². The Labute approximate surface area is 125 Å². The second-order valence-corrected chi connectivity index (χ2v) is 6.62. The Balaban J connectivity index is 0.000000154. The van der Waals surface area contributed by atoms with Crippen molar-refractivity contribution >= 4 is 14.0 Å². The van der Waals surface area contributed by atoms with Crippen LogP contribution in [0.5, 0.6) is 0 Å². The van der Waals surface area contributed by atoms with Crippen molar-refractivity contribution in [3.63, 3.8) is 0 Å². The second kappa shape index (κ2) is 9.05. The van der Waals surface area contributed by atoms with Gasteiger partial charge in [-0.2, -0.15) is 23.6 Å². The van der Waals surface area contributed by atoms with E-state index in [4.69, 9.17) is 0 Å². The van der Waals surface area contributed by atoms with Crippen LogP contribution in [0.2, 0.25) is 0 Å². The molecule has 0 N–H and O–H groups in total. The van der Waals surface area contributed by atoms with Crippen molar-refractivity contribution in [3.8, 4) is 0 Å². The molecule has 1 aliphatic rings. The maximum atomic E-state index is 2.99. The van der Waals surface area contributed by atoms with E-state index in [9.17, 15) is 0 Å². The van der Waals surface area contributed by atoms with Gasteiger partial charge in [-0.05, 0) is 0 Å². The van der Waals surface area contributed by atoms with Gasteiger partial charge in [0.15, 0.2) is 0 Å². The van der Waals surface area contributed by atoms with Gasteiger partial charge in [0, 0.05) is 0 Å². The SMILES string of the molecule is C[C](C)=[Zr+2].[C-]1=CC=CC1.c1ccc2[cH-]ccc2c1. The van der Waals surface area contributed by atoms with Crippen LogP contribution in [0.25, 0.3) is 10.8 Å². The Morgan fingerprint density at radius 1 is 1.22 bits per heavy atom. The van der Waals surface area contributed by atoms with Crippen LogP contribution >= 0.6 is 0 Å². The number of hydrogen-bond acceptors (Lipinski definition) is 0. The fourth-order valence-electron chi connectivity index (χ4n) is 1.41. The van der Waals surface area contributed by atoms with Crippen molar-refractivity contribution in [2.45, 2.75) is 20.3 Å². The first kappa shape index (κ1) is 15.1. The summed E-state index contributed by atoms with van der Waals surface area (Å²) in [5.74, 6) is 0. The average molecular weight is 314 g/mol. The van der Waals surface area contributed by atoms with Gasteiger partial charge in [0.2, 0.25) is 0 Å². The van der Waals surface area contributed by atoms with Crippen LogP contribution in [0.1, 0.15) is 20.3 Å². The van der Waals surface area contributed by atoms with Gasteiger partial charge in [0.1, 0.15) is 0 Å². The van der Waals surface area contributed by atoms with Gasteiger partial charge in [-0.3, -0.25) is 6.08 Å². The molecule has 2 aromatic carbocycles. The molecule has 0 spiro atoms. The Hall–Kier alpha value is -0.937. The molecule has 1 heteroatoms. The summed E-state index contributed by atoms with van der Waals surface area (Å²) in [7, 11) is 0. The maximum Gasteiger partial charge on any atom is -0.0809 e. The molecule has 90 valence electrons. The van der Waals surface area contributed by atoms with Gasteiger partial charge in [-0.1, -0.05) is 6.07 Å². The first-order valence-corrected chi connectivity index (χ1v) is 7.27. The predicted octanol–water partition coefficient (Wildman–Crippen LogP) is 4.61. The van der Waals surface area contributed by atoms with Crippen LogP contribution < -0.4 is 0 Å². The van der Waals surface area contributed by atoms with E-state index in [1.807, 2.05) is 12.2 Å². The smallest absolute Gasteiger partial charge is 0.0809 e. The van der Waals surface area contributed by atoms with Crippen LogP contribution in [0.3, 0.4) is 0 Å². The molecule has 0 unspecified atom stereocenters. The topological polar surface area (TPSA) is 0 Å². The first-order valence-electron chi connectivity index (χ1n) is 6.04. The summed E-state index contributed by atoms with van der Waals surface area (Å²) in [6.45, 7) is 4.25. The summed E-state index contributed by atoms with van der Waals surface area (Å²) in [6, 6.07) is 14.7. The Kier molecular flexibility index (Phi) is 7.61. The van der Waals surface area contributed by atoms with Gasteiger partial charge in [0.25, 0.3) is 0 Å².